The van der Waals surface area contributed by atoms with E-state index < -0.39 is 21.9 Å². The standard InChI is InChI=1S/C23H20ClFN2O5S/c1-14-10-17(24)16(18(25)11-14)13-26-19-6-4-5-7-22(19)33(29,30)27(23(26)28)15-8-9-20(31-2)21(12-15)32-3/h4-12H,13H2,1-3H3. The smallest absolute Gasteiger partial charge is 0.343 e. The minimum absolute atomic E-state index is 0.0487. The van der Waals surface area contributed by atoms with Crippen molar-refractivity contribution in [3.05, 3.63) is 76.6 Å². The van der Waals surface area contributed by atoms with Crippen LogP contribution in [0.15, 0.2) is 59.5 Å². The summed E-state index contributed by atoms with van der Waals surface area (Å²) >= 11 is 6.27. The Labute approximate surface area is 196 Å². The molecule has 0 unspecified atom stereocenters. The fraction of sp³-hybridized carbons (Fsp3) is 0.174. The minimum Gasteiger partial charge on any atom is -0.493 e. The maximum Gasteiger partial charge on any atom is 0.343 e. The second-order valence-electron chi connectivity index (χ2n) is 7.35. The summed E-state index contributed by atoms with van der Waals surface area (Å²) < 4.78 is 52.8. The molecule has 7 nitrogen and oxygen atoms in total. The molecule has 10 heteroatoms. The minimum atomic E-state index is -4.26. The van der Waals surface area contributed by atoms with Crippen molar-refractivity contribution in [2.45, 2.75) is 18.4 Å². The Kier molecular flexibility index (Phi) is 5.94. The highest BCUT2D eigenvalue weighted by atomic mass is 35.5. The predicted octanol–water partition coefficient (Wildman–Crippen LogP) is 5.14. The molecule has 33 heavy (non-hydrogen) atoms. The zero-order chi connectivity index (χ0) is 23.9. The van der Waals surface area contributed by atoms with Crippen LogP contribution in [0.4, 0.5) is 20.6 Å². The van der Waals surface area contributed by atoms with Gasteiger partial charge in [-0.25, -0.2) is 17.6 Å². The SMILES string of the molecule is COc1ccc(N2C(=O)N(Cc3c(F)cc(C)cc3Cl)c3ccccc3S2(=O)=O)cc1OC. The molecule has 0 saturated carbocycles. The van der Waals surface area contributed by atoms with Gasteiger partial charge < -0.3 is 9.47 Å². The third-order valence-electron chi connectivity index (χ3n) is 5.28. The van der Waals surface area contributed by atoms with Crippen LogP contribution >= 0.6 is 11.6 Å². The average molecular weight is 491 g/mol. The van der Waals surface area contributed by atoms with Gasteiger partial charge in [0.25, 0.3) is 10.0 Å². The number of urea groups is 1. The van der Waals surface area contributed by atoms with Crippen LogP contribution in [0.1, 0.15) is 11.1 Å². The first kappa shape index (κ1) is 22.9. The fourth-order valence-electron chi connectivity index (χ4n) is 3.70. The van der Waals surface area contributed by atoms with Gasteiger partial charge in [-0.2, -0.15) is 4.31 Å². The van der Waals surface area contributed by atoms with Gasteiger partial charge in [0.15, 0.2) is 11.5 Å². The number of anilines is 2. The van der Waals surface area contributed by atoms with Gasteiger partial charge >= 0.3 is 6.03 Å². The van der Waals surface area contributed by atoms with E-state index in [-0.39, 0.29) is 39.2 Å². The van der Waals surface area contributed by atoms with E-state index >= 15 is 0 Å². The molecular formula is C23H20ClFN2O5S. The summed E-state index contributed by atoms with van der Waals surface area (Å²) in [5, 5.41) is 0.142. The van der Waals surface area contributed by atoms with Crippen LogP contribution in [0.3, 0.4) is 0 Å². The lowest BCUT2D eigenvalue weighted by Crippen LogP contribution is -2.50. The average Bonchev–Trinajstić information content (AvgIpc) is 2.77. The van der Waals surface area contributed by atoms with Gasteiger partial charge in [0.2, 0.25) is 0 Å². The Morgan fingerprint density at radius 2 is 1.70 bits per heavy atom. The van der Waals surface area contributed by atoms with E-state index in [0.717, 1.165) is 0 Å². The number of aryl methyl sites for hydroxylation is 1. The molecule has 1 heterocycles. The molecular weight excluding hydrogens is 471 g/mol. The number of methoxy groups -OCH3 is 2. The topological polar surface area (TPSA) is 76.2 Å². The molecule has 0 aliphatic carbocycles. The molecule has 0 aromatic heterocycles. The molecule has 172 valence electrons. The maximum absolute atomic E-state index is 14.7. The summed E-state index contributed by atoms with van der Waals surface area (Å²) in [6, 6.07) is 12.4. The van der Waals surface area contributed by atoms with Crippen molar-refractivity contribution in [3.63, 3.8) is 0 Å². The van der Waals surface area contributed by atoms with Crippen LogP contribution in [0.2, 0.25) is 5.02 Å². The molecule has 3 aromatic carbocycles. The third kappa shape index (κ3) is 3.87. The highest BCUT2D eigenvalue weighted by Gasteiger charge is 2.43. The Hall–Kier alpha value is -3.30. The molecule has 3 aromatic rings. The number of nitrogens with zero attached hydrogens (tertiary/aromatic N) is 2. The summed E-state index contributed by atoms with van der Waals surface area (Å²) in [5.41, 5.74) is 0.890. The zero-order valence-corrected chi connectivity index (χ0v) is 19.6. The molecule has 0 atom stereocenters. The summed E-state index contributed by atoms with van der Waals surface area (Å²) in [7, 11) is -1.42. The number of sulfonamides is 1. The summed E-state index contributed by atoms with van der Waals surface area (Å²) in [6.45, 7) is 1.44. The molecule has 4 rings (SSSR count). The summed E-state index contributed by atoms with van der Waals surface area (Å²) in [6.07, 6.45) is 0. The number of halogens is 2. The number of carbonyl (C=O) groups is 1. The Morgan fingerprint density at radius 3 is 2.36 bits per heavy atom. The van der Waals surface area contributed by atoms with Gasteiger partial charge in [-0.15, -0.1) is 0 Å². The number of hydrogen-bond acceptors (Lipinski definition) is 5. The van der Waals surface area contributed by atoms with Crippen molar-refractivity contribution in [1.82, 2.24) is 0 Å². The van der Waals surface area contributed by atoms with Crippen LogP contribution < -0.4 is 18.7 Å². The first-order valence-corrected chi connectivity index (χ1v) is 11.6. The Morgan fingerprint density at radius 1 is 1.00 bits per heavy atom. The lowest BCUT2D eigenvalue weighted by molar-refractivity contribution is 0.253. The highest BCUT2D eigenvalue weighted by molar-refractivity contribution is 7.94. The number of amides is 2. The van der Waals surface area contributed by atoms with Crippen molar-refractivity contribution in [2.75, 3.05) is 23.4 Å². The number of ether oxygens (including phenoxy) is 2. The number of para-hydroxylation sites is 1. The molecule has 0 N–H and O–H groups in total. The van der Waals surface area contributed by atoms with Gasteiger partial charge in [-0.05, 0) is 48.9 Å². The van der Waals surface area contributed by atoms with Gasteiger partial charge in [0, 0.05) is 16.7 Å². The molecule has 0 saturated heterocycles. The van der Waals surface area contributed by atoms with Gasteiger partial charge in [0.05, 0.1) is 32.1 Å². The van der Waals surface area contributed by atoms with Gasteiger partial charge in [0.1, 0.15) is 10.7 Å². The largest absolute Gasteiger partial charge is 0.493 e. The molecule has 1 aliphatic heterocycles. The van der Waals surface area contributed by atoms with E-state index in [9.17, 15) is 17.6 Å². The number of fused-ring (bicyclic) bond motifs is 1. The Bertz CT molecular complexity index is 1340. The van der Waals surface area contributed by atoms with E-state index in [4.69, 9.17) is 21.1 Å². The predicted molar refractivity (Wildman–Crippen MR) is 123 cm³/mol. The van der Waals surface area contributed by atoms with Crippen molar-refractivity contribution in [3.8, 4) is 11.5 Å². The van der Waals surface area contributed by atoms with Crippen LogP contribution in [0.25, 0.3) is 0 Å². The molecule has 0 radical (unpaired) electrons. The molecule has 2 amide bonds. The zero-order valence-electron chi connectivity index (χ0n) is 18.0. The second-order valence-corrected chi connectivity index (χ2v) is 9.51. The quantitative estimate of drug-likeness (QED) is 0.495. The number of benzene rings is 3. The van der Waals surface area contributed by atoms with Crippen molar-refractivity contribution in [1.29, 1.82) is 0 Å². The fourth-order valence-corrected chi connectivity index (χ4v) is 5.61. The lowest BCUT2D eigenvalue weighted by atomic mass is 10.1. The van der Waals surface area contributed by atoms with Crippen LogP contribution in [0, 0.1) is 12.7 Å². The first-order valence-electron chi connectivity index (χ1n) is 9.81. The van der Waals surface area contributed by atoms with E-state index in [1.165, 1.54) is 55.5 Å². The van der Waals surface area contributed by atoms with E-state index in [2.05, 4.69) is 0 Å². The van der Waals surface area contributed by atoms with Crippen molar-refractivity contribution >= 4 is 39.0 Å². The molecule has 0 bridgehead atoms. The van der Waals surface area contributed by atoms with Crippen molar-refractivity contribution in [2.24, 2.45) is 0 Å². The van der Waals surface area contributed by atoms with Crippen LogP contribution in [-0.2, 0) is 16.6 Å². The Balaban J connectivity index is 1.89. The highest BCUT2D eigenvalue weighted by Crippen LogP contribution is 2.41. The summed E-state index contributed by atoms with van der Waals surface area (Å²) in [4.78, 5) is 14.7. The number of hydrogen-bond donors (Lipinski definition) is 0. The number of rotatable bonds is 5. The van der Waals surface area contributed by atoms with E-state index in [1.807, 2.05) is 0 Å². The second kappa shape index (κ2) is 8.57. The maximum atomic E-state index is 14.7. The normalized spacial score (nSPS) is 14.8. The van der Waals surface area contributed by atoms with Crippen LogP contribution in [0.5, 0.6) is 11.5 Å². The molecule has 1 aliphatic rings. The summed E-state index contributed by atoms with van der Waals surface area (Å²) in [5.74, 6) is 0.0290. The first-order chi connectivity index (χ1) is 15.7. The van der Waals surface area contributed by atoms with Crippen molar-refractivity contribution < 1.29 is 27.1 Å². The lowest BCUT2D eigenvalue weighted by Gasteiger charge is -2.36. The van der Waals surface area contributed by atoms with E-state index in [0.29, 0.717) is 15.6 Å². The molecule has 0 fully saturated rings. The van der Waals surface area contributed by atoms with Gasteiger partial charge in [-0.3, -0.25) is 4.90 Å². The number of carbonyl (C=O) groups excluding carboxylic acids is 1. The van der Waals surface area contributed by atoms with Gasteiger partial charge in [-0.1, -0.05) is 23.7 Å². The third-order valence-corrected chi connectivity index (χ3v) is 7.37. The van der Waals surface area contributed by atoms with Crippen LogP contribution in [-0.4, -0.2) is 28.7 Å². The van der Waals surface area contributed by atoms with E-state index in [1.54, 1.807) is 25.1 Å². The molecule has 0 spiro atoms. The monoisotopic (exact) mass is 490 g/mol.